The lowest BCUT2D eigenvalue weighted by Gasteiger charge is -2.40. The highest BCUT2D eigenvalue weighted by molar-refractivity contribution is 8.20. The van der Waals surface area contributed by atoms with Crippen LogP contribution in [0.3, 0.4) is 0 Å². The van der Waals surface area contributed by atoms with Crippen molar-refractivity contribution >= 4 is 55.7 Å². The molecule has 196 valence electrons. The van der Waals surface area contributed by atoms with Crippen molar-refractivity contribution in [1.29, 1.82) is 0 Å². The molecule has 12 heteroatoms. The third-order valence-corrected chi connectivity index (χ3v) is 13.2. The Morgan fingerprint density at radius 3 is 1.65 bits per heavy atom. The Morgan fingerprint density at radius 2 is 1.24 bits per heavy atom. The molecular weight excluding hydrogens is 500 g/mol. The van der Waals surface area contributed by atoms with Crippen molar-refractivity contribution in [3.63, 3.8) is 0 Å². The molecule has 0 amide bonds. The molecule has 1 rings (SSSR count). The number of ether oxygens (including phenoxy) is 4. The second-order valence-corrected chi connectivity index (χ2v) is 17.2. The molecule has 1 aliphatic heterocycles. The summed E-state index contributed by atoms with van der Waals surface area (Å²) < 4.78 is 28.3. The standard InChI is InChI=1S/C22H38O9S2Si/c1-13(23)28-17(12-27-34(8,9)22(5,6)7)18(29-14(2)24)19(30-15(3)25)20(31-16(4)26)21-32-10-11-33-21/h17-21H,10-12H2,1-9H3/t17-,18+,19+,20-/m1/s1. The van der Waals surface area contributed by atoms with Gasteiger partial charge in [0.1, 0.15) is 0 Å². The third kappa shape index (κ3) is 9.78. The topological polar surface area (TPSA) is 114 Å². The molecule has 1 aliphatic rings. The fourth-order valence-electron chi connectivity index (χ4n) is 3.01. The minimum absolute atomic E-state index is 0.0798. The zero-order valence-electron chi connectivity index (χ0n) is 21.5. The monoisotopic (exact) mass is 538 g/mol. The van der Waals surface area contributed by atoms with Crippen LogP contribution in [0.25, 0.3) is 0 Å². The molecule has 1 fully saturated rings. The molecule has 0 N–H and O–H groups in total. The molecule has 0 unspecified atom stereocenters. The summed E-state index contributed by atoms with van der Waals surface area (Å²) in [6, 6.07) is 0. The lowest BCUT2D eigenvalue weighted by atomic mass is 10.0. The van der Waals surface area contributed by atoms with Gasteiger partial charge in [-0.1, -0.05) is 20.8 Å². The van der Waals surface area contributed by atoms with Crippen LogP contribution in [-0.4, -0.2) is 79.3 Å². The third-order valence-electron chi connectivity index (χ3n) is 5.57. The van der Waals surface area contributed by atoms with Crippen LogP contribution in [0.4, 0.5) is 0 Å². The number of rotatable bonds is 11. The van der Waals surface area contributed by atoms with Gasteiger partial charge < -0.3 is 23.4 Å². The van der Waals surface area contributed by atoms with Gasteiger partial charge in [0.25, 0.3) is 0 Å². The van der Waals surface area contributed by atoms with Crippen molar-refractivity contribution in [3.8, 4) is 0 Å². The zero-order chi connectivity index (χ0) is 26.3. The minimum Gasteiger partial charge on any atom is -0.456 e. The summed E-state index contributed by atoms with van der Waals surface area (Å²) in [6.45, 7) is 15.1. The number of carbonyl (C=O) groups excluding carboxylic acids is 4. The molecule has 9 nitrogen and oxygen atoms in total. The van der Waals surface area contributed by atoms with E-state index in [2.05, 4.69) is 20.8 Å². The lowest BCUT2D eigenvalue weighted by Crippen LogP contribution is -2.56. The van der Waals surface area contributed by atoms with Crippen molar-refractivity contribution in [3.05, 3.63) is 0 Å². The van der Waals surface area contributed by atoms with Gasteiger partial charge in [-0.25, -0.2) is 0 Å². The summed E-state index contributed by atoms with van der Waals surface area (Å²) in [5.74, 6) is -0.867. The van der Waals surface area contributed by atoms with E-state index in [-0.39, 0.29) is 16.2 Å². The molecular formula is C22H38O9S2Si. The summed E-state index contributed by atoms with van der Waals surface area (Å²) in [6.07, 6.45) is -4.48. The molecule has 34 heavy (non-hydrogen) atoms. The Labute approximate surface area is 211 Å². The normalized spacial score (nSPS) is 18.4. The number of hydrogen-bond acceptors (Lipinski definition) is 11. The predicted molar refractivity (Wildman–Crippen MR) is 134 cm³/mol. The van der Waals surface area contributed by atoms with Crippen LogP contribution in [0.2, 0.25) is 18.1 Å². The van der Waals surface area contributed by atoms with Crippen LogP contribution in [0, 0.1) is 0 Å². The van der Waals surface area contributed by atoms with E-state index in [4.69, 9.17) is 23.4 Å². The predicted octanol–water partition coefficient (Wildman–Crippen LogP) is 3.54. The highest BCUT2D eigenvalue weighted by Crippen LogP contribution is 2.40. The number of thioether (sulfide) groups is 2. The lowest BCUT2D eigenvalue weighted by molar-refractivity contribution is -0.199. The molecule has 1 heterocycles. The van der Waals surface area contributed by atoms with E-state index in [1.54, 1.807) is 23.5 Å². The highest BCUT2D eigenvalue weighted by atomic mass is 32.2. The molecule has 0 saturated carbocycles. The highest BCUT2D eigenvalue weighted by Gasteiger charge is 2.48. The van der Waals surface area contributed by atoms with Gasteiger partial charge in [-0.3, -0.25) is 19.2 Å². The quantitative estimate of drug-likeness (QED) is 0.218. The van der Waals surface area contributed by atoms with Crippen molar-refractivity contribution in [1.82, 2.24) is 0 Å². The number of hydrogen-bond donors (Lipinski definition) is 0. The van der Waals surface area contributed by atoms with Crippen LogP contribution >= 0.6 is 23.5 Å². The van der Waals surface area contributed by atoms with E-state index in [0.29, 0.717) is 0 Å². The Balaban J connectivity index is 3.46. The summed E-state index contributed by atoms with van der Waals surface area (Å²) in [5.41, 5.74) is 0. The average Bonchev–Trinajstić information content (AvgIpc) is 3.19. The van der Waals surface area contributed by atoms with Crippen LogP contribution in [0.15, 0.2) is 0 Å². The number of esters is 4. The molecule has 1 saturated heterocycles. The molecule has 0 aromatic rings. The Morgan fingerprint density at radius 1 is 0.794 bits per heavy atom. The molecule has 0 aromatic carbocycles. The van der Waals surface area contributed by atoms with Gasteiger partial charge in [-0.15, -0.1) is 23.5 Å². The second-order valence-electron chi connectivity index (χ2n) is 9.55. The molecule has 0 bridgehead atoms. The van der Waals surface area contributed by atoms with Crippen molar-refractivity contribution in [2.75, 3.05) is 18.1 Å². The van der Waals surface area contributed by atoms with E-state index in [1.165, 1.54) is 27.7 Å². The average molecular weight is 539 g/mol. The molecule has 0 radical (unpaired) electrons. The minimum atomic E-state index is -2.28. The Kier molecular flexibility index (Phi) is 11.9. The van der Waals surface area contributed by atoms with Crippen LogP contribution < -0.4 is 0 Å². The largest absolute Gasteiger partial charge is 0.456 e. The van der Waals surface area contributed by atoms with Gasteiger partial charge >= 0.3 is 23.9 Å². The van der Waals surface area contributed by atoms with E-state index < -0.39 is 56.6 Å². The van der Waals surface area contributed by atoms with Crippen LogP contribution in [0.1, 0.15) is 48.5 Å². The van der Waals surface area contributed by atoms with Gasteiger partial charge in [-0.2, -0.15) is 0 Å². The first-order valence-corrected chi connectivity index (χ1v) is 16.1. The smallest absolute Gasteiger partial charge is 0.303 e. The van der Waals surface area contributed by atoms with Gasteiger partial charge in [0.2, 0.25) is 0 Å². The van der Waals surface area contributed by atoms with Crippen LogP contribution in [0.5, 0.6) is 0 Å². The van der Waals surface area contributed by atoms with Crippen molar-refractivity contribution in [2.24, 2.45) is 0 Å². The maximum atomic E-state index is 12.1. The Hall–Kier alpha value is -1.24. The van der Waals surface area contributed by atoms with E-state index in [9.17, 15) is 19.2 Å². The van der Waals surface area contributed by atoms with Gasteiger partial charge in [0.15, 0.2) is 32.7 Å². The first-order chi connectivity index (χ1) is 15.5. The van der Waals surface area contributed by atoms with Gasteiger partial charge in [0.05, 0.1) is 11.2 Å². The summed E-state index contributed by atoms with van der Waals surface area (Å²) >= 11 is 3.11. The van der Waals surface area contributed by atoms with E-state index in [0.717, 1.165) is 11.5 Å². The summed E-state index contributed by atoms with van der Waals surface area (Å²) in [5, 5.41) is -0.128. The molecule has 0 spiro atoms. The SMILES string of the molecule is CC(=O)O[C@H]([C@H](OC(C)=O)[C@@H](OC(C)=O)C1SCCS1)[C@@H](CO[Si](C)(C)C(C)(C)C)OC(C)=O. The van der Waals surface area contributed by atoms with E-state index in [1.807, 2.05) is 13.1 Å². The molecule has 0 aromatic heterocycles. The van der Waals surface area contributed by atoms with Gasteiger partial charge in [0, 0.05) is 39.2 Å². The maximum Gasteiger partial charge on any atom is 0.303 e. The maximum absolute atomic E-state index is 12.1. The van der Waals surface area contributed by atoms with Crippen LogP contribution in [-0.2, 0) is 42.6 Å². The van der Waals surface area contributed by atoms with Crippen molar-refractivity contribution < 1.29 is 42.6 Å². The fourth-order valence-corrected chi connectivity index (χ4v) is 7.02. The fraction of sp³-hybridized carbons (Fsp3) is 0.818. The molecule has 0 aliphatic carbocycles. The van der Waals surface area contributed by atoms with Gasteiger partial charge in [-0.05, 0) is 18.1 Å². The van der Waals surface area contributed by atoms with Crippen molar-refractivity contribution in [2.45, 2.75) is 95.6 Å². The first kappa shape index (κ1) is 30.8. The first-order valence-electron chi connectivity index (χ1n) is 11.1. The summed E-state index contributed by atoms with van der Waals surface area (Å²) in [4.78, 5) is 48.2. The zero-order valence-corrected chi connectivity index (χ0v) is 24.1. The number of carbonyl (C=O) groups is 4. The summed E-state index contributed by atoms with van der Waals surface area (Å²) in [7, 11) is -2.28. The van der Waals surface area contributed by atoms with E-state index >= 15 is 0 Å². The second kappa shape index (κ2) is 13.2. The molecule has 4 atom stereocenters. The Bertz CT molecular complexity index is 732.